The molecule has 112 valence electrons. The lowest BCUT2D eigenvalue weighted by atomic mass is 10.2. The van der Waals surface area contributed by atoms with Crippen molar-refractivity contribution in [3.8, 4) is 5.88 Å². The van der Waals surface area contributed by atoms with Gasteiger partial charge in [0, 0.05) is 24.5 Å². The highest BCUT2D eigenvalue weighted by atomic mass is 19.4. The number of aryl methyl sites for hydroxylation is 1. The molecular weight excluding hydrogens is 283 g/mol. The minimum absolute atomic E-state index is 0.0520. The number of rotatable bonds is 5. The van der Waals surface area contributed by atoms with Crippen molar-refractivity contribution in [3.63, 3.8) is 0 Å². The van der Waals surface area contributed by atoms with E-state index in [1.807, 2.05) is 25.1 Å². The number of ether oxygens (including phenoxy) is 1. The Morgan fingerprint density at radius 1 is 1.24 bits per heavy atom. The van der Waals surface area contributed by atoms with Crippen molar-refractivity contribution in [2.45, 2.75) is 19.6 Å². The van der Waals surface area contributed by atoms with E-state index in [2.05, 4.69) is 20.0 Å². The maximum atomic E-state index is 12.1. The van der Waals surface area contributed by atoms with Crippen molar-refractivity contribution in [2.75, 3.05) is 11.9 Å². The number of hydrogen-bond donors (Lipinski definition) is 1. The summed E-state index contributed by atoms with van der Waals surface area (Å²) in [7, 11) is 0. The van der Waals surface area contributed by atoms with Gasteiger partial charge in [-0.15, -0.1) is 0 Å². The third-order valence-corrected chi connectivity index (χ3v) is 2.54. The topological polar surface area (TPSA) is 47.0 Å². The number of alkyl halides is 3. The average Bonchev–Trinajstić information content (AvgIpc) is 2.43. The summed E-state index contributed by atoms with van der Waals surface area (Å²) in [5, 5.41) is 3.08. The molecular formula is C14H14F3N3O. The van der Waals surface area contributed by atoms with Gasteiger partial charge in [0.05, 0.1) is 0 Å². The largest absolute Gasteiger partial charge is 0.468 e. The minimum Gasteiger partial charge on any atom is -0.468 e. The van der Waals surface area contributed by atoms with E-state index < -0.39 is 12.8 Å². The summed E-state index contributed by atoms with van der Waals surface area (Å²) in [4.78, 5) is 8.02. The Hall–Kier alpha value is -2.31. The summed E-state index contributed by atoms with van der Waals surface area (Å²) in [5.74, 6) is 0.647. The monoisotopic (exact) mass is 297 g/mol. The van der Waals surface area contributed by atoms with Crippen molar-refractivity contribution in [3.05, 3.63) is 47.8 Å². The molecule has 0 saturated heterocycles. The molecule has 0 bridgehead atoms. The molecule has 4 nitrogen and oxygen atoms in total. The summed E-state index contributed by atoms with van der Waals surface area (Å²) in [6, 6.07) is 8.73. The van der Waals surface area contributed by atoms with Gasteiger partial charge in [-0.05, 0) is 30.7 Å². The summed E-state index contributed by atoms with van der Waals surface area (Å²) in [6.45, 7) is 0.943. The molecule has 2 rings (SSSR count). The normalized spacial score (nSPS) is 11.2. The Morgan fingerprint density at radius 2 is 2.05 bits per heavy atom. The van der Waals surface area contributed by atoms with E-state index in [9.17, 15) is 13.2 Å². The summed E-state index contributed by atoms with van der Waals surface area (Å²) in [5.41, 5.74) is 1.63. The Labute approximate surface area is 120 Å². The van der Waals surface area contributed by atoms with Crippen LogP contribution in [0.4, 0.5) is 19.0 Å². The van der Waals surface area contributed by atoms with Gasteiger partial charge in [-0.25, -0.2) is 9.97 Å². The van der Waals surface area contributed by atoms with Crippen LogP contribution in [0.5, 0.6) is 5.88 Å². The maximum Gasteiger partial charge on any atom is 0.422 e. The smallest absolute Gasteiger partial charge is 0.422 e. The molecule has 0 spiro atoms. The van der Waals surface area contributed by atoms with Crippen LogP contribution >= 0.6 is 0 Å². The lowest BCUT2D eigenvalue weighted by Gasteiger charge is -2.10. The van der Waals surface area contributed by atoms with Crippen LogP contribution in [0.2, 0.25) is 0 Å². The second kappa shape index (κ2) is 6.43. The van der Waals surface area contributed by atoms with Crippen LogP contribution in [0.1, 0.15) is 11.3 Å². The highest BCUT2D eigenvalue weighted by Crippen LogP contribution is 2.18. The van der Waals surface area contributed by atoms with E-state index >= 15 is 0 Å². The molecule has 21 heavy (non-hydrogen) atoms. The molecule has 0 amide bonds. The van der Waals surface area contributed by atoms with Crippen LogP contribution in [-0.4, -0.2) is 22.8 Å². The fraction of sp³-hybridized carbons (Fsp3) is 0.286. The summed E-state index contributed by atoms with van der Waals surface area (Å²) >= 11 is 0. The van der Waals surface area contributed by atoms with Crippen LogP contribution in [0, 0.1) is 6.92 Å². The second-order valence-corrected chi connectivity index (χ2v) is 4.42. The Balaban J connectivity index is 1.95. The van der Waals surface area contributed by atoms with Crippen molar-refractivity contribution in [1.29, 1.82) is 0 Å². The predicted molar refractivity (Wildman–Crippen MR) is 72.1 cm³/mol. The fourth-order valence-corrected chi connectivity index (χ4v) is 1.63. The lowest BCUT2D eigenvalue weighted by molar-refractivity contribution is -0.154. The maximum absolute atomic E-state index is 12.1. The van der Waals surface area contributed by atoms with Gasteiger partial charge >= 0.3 is 6.18 Å². The quantitative estimate of drug-likeness (QED) is 0.919. The van der Waals surface area contributed by atoms with Gasteiger partial charge in [0.1, 0.15) is 5.82 Å². The molecule has 0 atom stereocenters. The first-order valence-electron chi connectivity index (χ1n) is 6.24. The summed E-state index contributed by atoms with van der Waals surface area (Å²) in [6.07, 6.45) is -2.96. The van der Waals surface area contributed by atoms with Crippen molar-refractivity contribution < 1.29 is 17.9 Å². The number of nitrogens with one attached hydrogen (secondary N) is 1. The van der Waals surface area contributed by atoms with Gasteiger partial charge < -0.3 is 10.1 Å². The van der Waals surface area contributed by atoms with E-state index in [1.54, 1.807) is 6.07 Å². The van der Waals surface area contributed by atoms with E-state index in [-0.39, 0.29) is 5.88 Å². The van der Waals surface area contributed by atoms with Crippen LogP contribution in [0.3, 0.4) is 0 Å². The van der Waals surface area contributed by atoms with Crippen molar-refractivity contribution in [1.82, 2.24) is 9.97 Å². The molecule has 0 radical (unpaired) electrons. The van der Waals surface area contributed by atoms with Crippen molar-refractivity contribution >= 4 is 5.82 Å². The zero-order chi connectivity index (χ0) is 15.3. The molecule has 0 saturated carbocycles. The molecule has 2 heterocycles. The van der Waals surface area contributed by atoms with E-state index in [1.165, 1.54) is 12.3 Å². The molecule has 2 aromatic heterocycles. The number of pyridine rings is 2. The standard InChI is InChI=1S/C14H14F3N3O/c1-10-3-2-4-12(20-10)19-8-11-5-6-18-13(7-11)21-9-14(15,16)17/h2-7H,8-9H2,1H3,(H,19,20). The molecule has 0 aliphatic heterocycles. The van der Waals surface area contributed by atoms with Gasteiger partial charge in [-0.1, -0.05) is 6.07 Å². The molecule has 0 fully saturated rings. The number of aromatic nitrogens is 2. The van der Waals surface area contributed by atoms with E-state index in [0.29, 0.717) is 12.4 Å². The Morgan fingerprint density at radius 3 is 2.76 bits per heavy atom. The number of halogens is 3. The number of anilines is 1. The second-order valence-electron chi connectivity index (χ2n) is 4.42. The first-order valence-corrected chi connectivity index (χ1v) is 6.24. The zero-order valence-electron chi connectivity index (χ0n) is 11.3. The van der Waals surface area contributed by atoms with Gasteiger partial charge in [0.25, 0.3) is 0 Å². The average molecular weight is 297 g/mol. The van der Waals surface area contributed by atoms with E-state index in [0.717, 1.165) is 11.3 Å². The highest BCUT2D eigenvalue weighted by molar-refractivity contribution is 5.36. The third-order valence-electron chi connectivity index (χ3n) is 2.54. The fourth-order valence-electron chi connectivity index (χ4n) is 1.63. The van der Waals surface area contributed by atoms with Crippen LogP contribution in [-0.2, 0) is 6.54 Å². The highest BCUT2D eigenvalue weighted by Gasteiger charge is 2.28. The lowest BCUT2D eigenvalue weighted by Crippen LogP contribution is -2.19. The first kappa shape index (κ1) is 15.1. The van der Waals surface area contributed by atoms with Crippen LogP contribution < -0.4 is 10.1 Å². The van der Waals surface area contributed by atoms with Crippen LogP contribution in [0.15, 0.2) is 36.5 Å². The first-order chi connectivity index (χ1) is 9.92. The molecule has 0 aromatic carbocycles. The zero-order valence-corrected chi connectivity index (χ0v) is 11.3. The van der Waals surface area contributed by atoms with Crippen molar-refractivity contribution in [2.24, 2.45) is 0 Å². The minimum atomic E-state index is -4.37. The number of hydrogen-bond acceptors (Lipinski definition) is 4. The van der Waals surface area contributed by atoms with Gasteiger partial charge in [0.15, 0.2) is 6.61 Å². The molecule has 1 N–H and O–H groups in total. The molecule has 0 unspecified atom stereocenters. The predicted octanol–water partition coefficient (Wildman–Crippen LogP) is 3.34. The molecule has 2 aromatic rings. The third kappa shape index (κ3) is 5.29. The number of nitrogens with zero attached hydrogens (tertiary/aromatic N) is 2. The Kier molecular flexibility index (Phi) is 4.62. The molecule has 0 aliphatic rings. The van der Waals surface area contributed by atoms with E-state index in [4.69, 9.17) is 0 Å². The molecule has 0 aliphatic carbocycles. The van der Waals surface area contributed by atoms with Gasteiger partial charge in [-0.3, -0.25) is 0 Å². The Bertz CT molecular complexity index is 602. The summed E-state index contributed by atoms with van der Waals surface area (Å²) < 4.78 is 40.8. The SMILES string of the molecule is Cc1cccc(NCc2ccnc(OCC(F)(F)F)c2)n1. The van der Waals surface area contributed by atoms with Gasteiger partial charge in [-0.2, -0.15) is 13.2 Å². The van der Waals surface area contributed by atoms with Crippen LogP contribution in [0.25, 0.3) is 0 Å². The van der Waals surface area contributed by atoms with Gasteiger partial charge in [0.2, 0.25) is 5.88 Å². The molecule has 7 heteroatoms.